The topological polar surface area (TPSA) is 79.6 Å². The number of aromatic nitrogens is 3. The molecule has 2 saturated heterocycles. The summed E-state index contributed by atoms with van der Waals surface area (Å²) < 4.78 is 1.41. The molecule has 2 aromatic heterocycles. The normalized spacial score (nSPS) is 24.5. The van der Waals surface area contributed by atoms with Gasteiger partial charge in [-0.25, -0.2) is 4.98 Å². The monoisotopic (exact) mass is 347 g/mol. The Morgan fingerprint density at radius 2 is 2.25 bits per heavy atom. The Hall–Kier alpha value is -1.96. The number of carbonyl (C=O) groups excluding carboxylic acids is 1. The van der Waals surface area contributed by atoms with Gasteiger partial charge in [0.2, 0.25) is 16.0 Å². The lowest BCUT2D eigenvalue weighted by molar-refractivity contribution is -0.119. The second-order valence-electron chi connectivity index (χ2n) is 6.54. The van der Waals surface area contributed by atoms with E-state index in [1.807, 2.05) is 6.92 Å². The molecule has 4 heterocycles. The summed E-state index contributed by atoms with van der Waals surface area (Å²) in [6, 6.07) is 1.86. The van der Waals surface area contributed by atoms with Crippen LogP contribution in [0.5, 0.6) is 0 Å². The van der Waals surface area contributed by atoms with Gasteiger partial charge < -0.3 is 10.2 Å². The molecule has 2 fully saturated rings. The largest absolute Gasteiger partial charge is 0.356 e. The van der Waals surface area contributed by atoms with Crippen molar-refractivity contribution in [2.75, 3.05) is 18.0 Å². The molecule has 8 heteroatoms. The number of nitrogens with one attached hydrogen (secondary N) is 1. The maximum absolute atomic E-state index is 12.2. The number of carbonyl (C=O) groups is 1. The molecule has 2 aliphatic heterocycles. The van der Waals surface area contributed by atoms with Crippen molar-refractivity contribution in [2.24, 2.45) is 5.92 Å². The van der Waals surface area contributed by atoms with Gasteiger partial charge in [-0.2, -0.15) is 4.52 Å². The van der Waals surface area contributed by atoms with Gasteiger partial charge in [0.1, 0.15) is 0 Å². The van der Waals surface area contributed by atoms with Gasteiger partial charge in [0.25, 0.3) is 5.56 Å². The lowest BCUT2D eigenvalue weighted by Gasteiger charge is -2.38. The zero-order chi connectivity index (χ0) is 16.7. The quantitative estimate of drug-likeness (QED) is 0.903. The van der Waals surface area contributed by atoms with Crippen molar-refractivity contribution in [1.29, 1.82) is 0 Å². The maximum Gasteiger partial charge on any atom is 0.275 e. The highest BCUT2D eigenvalue weighted by Gasteiger charge is 2.36. The van der Waals surface area contributed by atoms with Gasteiger partial charge in [-0.3, -0.25) is 9.59 Å². The molecular formula is C16H21N5O2S. The average Bonchev–Trinajstić information content (AvgIpc) is 3.21. The number of aryl methyl sites for hydroxylation is 1. The summed E-state index contributed by atoms with van der Waals surface area (Å²) in [5, 5.41) is 8.32. The van der Waals surface area contributed by atoms with Crippen molar-refractivity contribution < 1.29 is 4.79 Å². The fourth-order valence-corrected chi connectivity index (χ4v) is 4.74. The van der Waals surface area contributed by atoms with Crippen LogP contribution in [0.25, 0.3) is 4.96 Å². The van der Waals surface area contributed by atoms with Gasteiger partial charge in [-0.1, -0.05) is 18.3 Å². The lowest BCUT2D eigenvalue weighted by Crippen LogP contribution is -2.45. The summed E-state index contributed by atoms with van der Waals surface area (Å²) in [6.45, 7) is 3.65. The summed E-state index contributed by atoms with van der Waals surface area (Å²) >= 11 is 1.47. The van der Waals surface area contributed by atoms with Crippen LogP contribution in [0.15, 0.2) is 10.9 Å². The Bertz CT molecular complexity index is 829. The van der Waals surface area contributed by atoms with Crippen LogP contribution in [0.2, 0.25) is 0 Å². The second kappa shape index (κ2) is 6.16. The Labute approximate surface area is 143 Å². The molecule has 2 atom stereocenters. The summed E-state index contributed by atoms with van der Waals surface area (Å²) in [6.07, 6.45) is 4.68. The average molecular weight is 347 g/mol. The number of rotatable bonds is 3. The minimum absolute atomic E-state index is 0.120. The van der Waals surface area contributed by atoms with Gasteiger partial charge in [0.05, 0.1) is 0 Å². The third kappa shape index (κ3) is 2.68. The maximum atomic E-state index is 12.2. The molecule has 7 nitrogen and oxygen atoms in total. The number of nitrogens with zero attached hydrogens (tertiary/aromatic N) is 4. The fourth-order valence-electron chi connectivity index (χ4n) is 3.73. The zero-order valence-corrected chi connectivity index (χ0v) is 14.5. The van der Waals surface area contributed by atoms with Gasteiger partial charge in [0.15, 0.2) is 0 Å². The molecule has 2 aliphatic rings. The van der Waals surface area contributed by atoms with Crippen LogP contribution in [-0.2, 0) is 11.2 Å². The van der Waals surface area contributed by atoms with E-state index in [-0.39, 0.29) is 11.5 Å². The smallest absolute Gasteiger partial charge is 0.275 e. The lowest BCUT2D eigenvalue weighted by atomic mass is 9.90. The first-order valence-corrected chi connectivity index (χ1v) is 9.40. The number of amides is 1. The van der Waals surface area contributed by atoms with Gasteiger partial charge in [-0.05, 0) is 25.7 Å². The van der Waals surface area contributed by atoms with Crippen molar-refractivity contribution in [3.63, 3.8) is 0 Å². The Balaban J connectivity index is 1.70. The van der Waals surface area contributed by atoms with E-state index in [1.54, 1.807) is 6.07 Å². The molecule has 0 bridgehead atoms. The molecule has 1 amide bonds. The first-order chi connectivity index (χ1) is 11.7. The Morgan fingerprint density at radius 1 is 1.38 bits per heavy atom. The minimum atomic E-state index is -0.120. The molecule has 1 N–H and O–H groups in total. The second-order valence-corrected chi connectivity index (χ2v) is 7.48. The van der Waals surface area contributed by atoms with E-state index < -0.39 is 0 Å². The van der Waals surface area contributed by atoms with E-state index in [4.69, 9.17) is 0 Å². The number of hydrogen-bond donors (Lipinski definition) is 1. The molecule has 0 radical (unpaired) electrons. The molecule has 0 saturated carbocycles. The highest BCUT2D eigenvalue weighted by atomic mass is 32.1. The number of anilines is 1. The van der Waals surface area contributed by atoms with Crippen LogP contribution in [-0.4, -0.2) is 39.6 Å². The van der Waals surface area contributed by atoms with Crippen molar-refractivity contribution >= 4 is 27.3 Å². The molecule has 128 valence electrons. The van der Waals surface area contributed by atoms with Crippen molar-refractivity contribution in [2.45, 2.75) is 45.1 Å². The van der Waals surface area contributed by atoms with Gasteiger partial charge in [0, 0.05) is 43.2 Å². The first-order valence-electron chi connectivity index (χ1n) is 8.59. The van der Waals surface area contributed by atoms with E-state index in [0.29, 0.717) is 23.3 Å². The van der Waals surface area contributed by atoms with Gasteiger partial charge >= 0.3 is 0 Å². The number of piperidine rings is 1. The predicted octanol–water partition coefficient (Wildman–Crippen LogP) is 1.21. The number of fused-ring (bicyclic) bond motifs is 1. The van der Waals surface area contributed by atoms with Gasteiger partial charge in [-0.15, -0.1) is 5.10 Å². The number of hydrogen-bond acceptors (Lipinski definition) is 6. The highest BCUT2D eigenvalue weighted by Crippen LogP contribution is 2.33. The van der Waals surface area contributed by atoms with Crippen LogP contribution in [0, 0.1) is 5.92 Å². The van der Waals surface area contributed by atoms with Crippen LogP contribution >= 0.6 is 11.3 Å². The standard InChI is InChI=1S/C16H21N5O2S/c1-2-11-8-14(23)21-15(18-11)24-16(19-21)20-6-4-3-5-12(20)10-7-13(22)17-9-10/h8,10,12H,2-7,9H2,1H3,(H,17,22)/t10-,12-/m0/s1. The van der Waals surface area contributed by atoms with Crippen LogP contribution in [0.4, 0.5) is 5.13 Å². The SMILES string of the molecule is CCc1cc(=O)n2nc(N3CCCC[C@H]3[C@@H]3CNC(=O)C3)sc2n1. The summed E-state index contributed by atoms with van der Waals surface area (Å²) in [5.74, 6) is 0.459. The molecule has 0 unspecified atom stereocenters. The van der Waals surface area contributed by atoms with E-state index in [2.05, 4.69) is 20.3 Å². The summed E-state index contributed by atoms with van der Waals surface area (Å²) in [5.41, 5.74) is 0.682. The summed E-state index contributed by atoms with van der Waals surface area (Å²) in [4.78, 5) is 31.3. The molecule has 0 spiro atoms. The molecule has 0 aliphatic carbocycles. The van der Waals surface area contributed by atoms with E-state index in [9.17, 15) is 9.59 Å². The third-order valence-corrected chi connectivity index (χ3v) is 5.94. The zero-order valence-electron chi connectivity index (χ0n) is 13.7. The first kappa shape index (κ1) is 15.6. The third-order valence-electron chi connectivity index (χ3n) is 5.00. The summed E-state index contributed by atoms with van der Waals surface area (Å²) in [7, 11) is 0. The van der Waals surface area contributed by atoms with Crippen molar-refractivity contribution in [1.82, 2.24) is 19.9 Å². The van der Waals surface area contributed by atoms with Crippen molar-refractivity contribution in [3.05, 3.63) is 22.1 Å². The van der Waals surface area contributed by atoms with E-state index >= 15 is 0 Å². The Morgan fingerprint density at radius 3 is 3.00 bits per heavy atom. The van der Waals surface area contributed by atoms with E-state index in [1.165, 1.54) is 22.3 Å². The van der Waals surface area contributed by atoms with E-state index in [0.717, 1.165) is 43.2 Å². The molecule has 24 heavy (non-hydrogen) atoms. The minimum Gasteiger partial charge on any atom is -0.356 e. The van der Waals surface area contributed by atoms with Crippen LogP contribution < -0.4 is 15.8 Å². The van der Waals surface area contributed by atoms with Crippen LogP contribution in [0.3, 0.4) is 0 Å². The van der Waals surface area contributed by atoms with Crippen molar-refractivity contribution in [3.8, 4) is 0 Å². The molecule has 0 aromatic carbocycles. The molecule has 4 rings (SSSR count). The fraction of sp³-hybridized carbons (Fsp3) is 0.625. The molecule has 2 aromatic rings. The van der Waals surface area contributed by atoms with Crippen LogP contribution in [0.1, 0.15) is 38.3 Å². The highest BCUT2D eigenvalue weighted by molar-refractivity contribution is 7.20. The Kier molecular flexibility index (Phi) is 3.99. The molecular weight excluding hydrogens is 326 g/mol. The predicted molar refractivity (Wildman–Crippen MR) is 92.6 cm³/mol.